The van der Waals surface area contributed by atoms with Gasteiger partial charge in [0.25, 0.3) is 0 Å². The van der Waals surface area contributed by atoms with Crippen molar-refractivity contribution in [2.75, 3.05) is 36.7 Å². The number of nitrogens with two attached hydrogens (primary N) is 1. The molecule has 0 aliphatic heterocycles. The van der Waals surface area contributed by atoms with Crippen LogP contribution in [0.5, 0.6) is 0 Å². The molecule has 2 aromatic rings. The summed E-state index contributed by atoms with van der Waals surface area (Å²) in [5, 5.41) is 37.4. The van der Waals surface area contributed by atoms with Gasteiger partial charge in [-0.05, 0) is 90.2 Å². The summed E-state index contributed by atoms with van der Waals surface area (Å²) in [5.74, 6) is -6.09. The summed E-state index contributed by atoms with van der Waals surface area (Å²) < 4.78 is 0. The van der Waals surface area contributed by atoms with Gasteiger partial charge in [-0.2, -0.15) is 23.5 Å². The van der Waals surface area contributed by atoms with Crippen LogP contribution in [0.25, 0.3) is 0 Å². The summed E-state index contributed by atoms with van der Waals surface area (Å²) in [5.41, 5.74) is 11.0. The summed E-state index contributed by atoms with van der Waals surface area (Å²) in [6.07, 6.45) is 15.2. The number of nitrogens with zero attached hydrogens (tertiary/aromatic N) is 1. The van der Waals surface area contributed by atoms with Crippen molar-refractivity contribution >= 4 is 70.8 Å². The molecule has 0 aliphatic carbocycles. The minimum Gasteiger partial charge on any atom is -0.480 e. The summed E-state index contributed by atoms with van der Waals surface area (Å²) in [6.45, 7) is 11.7. The van der Waals surface area contributed by atoms with Crippen molar-refractivity contribution in [3.05, 3.63) is 89.1 Å². The number of carboxylic acids is 1. The first-order valence-corrected chi connectivity index (χ1v) is 26.9. The molecule has 2 rings (SSSR count). The standard InChI is InChI=1S/C51H78N10O10S2/c1-31(2)14-12-15-33(5)16-13-17-34(6)20-23-73-29-42(60-50(69)44(32(3)4)61-43(63)27-54-46(65)38(52)25-37-26-53-30-55-37)49(68)58-40(24-36-18-10-9-11-19-36)47(66)56-35(7)45(64)59-41(28-62)48(67)57-39(51(70)71)21-22-72-8/h9-11,14,16,18-20,26,30,32,35,38-42,44,62H,12-13,15,17,21-25,27-29,52H2,1-8H3,(H,53,55)(H,54,65)(H,56,66)(H,57,67)(H,58,68)(H,59,64)(H,60,69)(H,61,63)(H,70,71)/b33-16+,34-20+/t35-,38-,39-,40-,41-,42-,44-/m0/s1. The fraction of sp³-hybridized carbons (Fsp3) is 0.549. The van der Waals surface area contributed by atoms with Gasteiger partial charge in [-0.1, -0.05) is 79.1 Å². The number of aliphatic carboxylic acids is 1. The number of aliphatic hydroxyl groups is 1. The van der Waals surface area contributed by atoms with Crippen LogP contribution in [0.3, 0.4) is 0 Å². The van der Waals surface area contributed by atoms with Gasteiger partial charge in [-0.15, -0.1) is 0 Å². The number of allylic oxidation sites excluding steroid dienone is 5. The molecule has 0 unspecified atom stereocenters. The molecule has 1 aromatic carbocycles. The Kier molecular flexibility index (Phi) is 29.8. The van der Waals surface area contributed by atoms with E-state index in [0.29, 0.717) is 22.8 Å². The van der Waals surface area contributed by atoms with Crippen molar-refractivity contribution in [3.8, 4) is 0 Å². The Bertz CT molecular complexity index is 2180. The van der Waals surface area contributed by atoms with Gasteiger partial charge < -0.3 is 58.1 Å². The third kappa shape index (κ3) is 25.5. The number of benzene rings is 1. The number of hydrogen-bond donors (Lipinski definition) is 11. The maximum Gasteiger partial charge on any atom is 0.326 e. The Balaban J connectivity index is 2.32. The smallest absolute Gasteiger partial charge is 0.326 e. The summed E-state index contributed by atoms with van der Waals surface area (Å²) >= 11 is 2.75. The Hall–Kier alpha value is -5.97. The first-order valence-electron chi connectivity index (χ1n) is 24.4. The fourth-order valence-corrected chi connectivity index (χ4v) is 8.40. The quantitative estimate of drug-likeness (QED) is 0.0354. The molecule has 0 fully saturated rings. The molecule has 7 amide bonds. The van der Waals surface area contributed by atoms with Gasteiger partial charge in [-0.25, -0.2) is 9.78 Å². The monoisotopic (exact) mass is 1050 g/mol. The number of aromatic nitrogens is 2. The van der Waals surface area contributed by atoms with E-state index >= 15 is 0 Å². The zero-order chi connectivity index (χ0) is 54.5. The van der Waals surface area contributed by atoms with Crippen molar-refractivity contribution < 1.29 is 48.6 Å². The average molecular weight is 1060 g/mol. The molecule has 12 N–H and O–H groups in total. The minimum atomic E-state index is -1.54. The molecular formula is C51H78N10O10S2. The number of thioether (sulfide) groups is 2. The molecule has 1 heterocycles. The number of rotatable bonds is 34. The van der Waals surface area contributed by atoms with E-state index in [0.717, 1.165) is 31.3 Å². The molecule has 0 saturated carbocycles. The van der Waals surface area contributed by atoms with Crippen molar-refractivity contribution in [2.24, 2.45) is 11.7 Å². The summed E-state index contributed by atoms with van der Waals surface area (Å²) in [4.78, 5) is 113. The van der Waals surface area contributed by atoms with Gasteiger partial charge in [0, 0.05) is 36.2 Å². The van der Waals surface area contributed by atoms with Gasteiger partial charge in [0.15, 0.2) is 0 Å². The highest BCUT2D eigenvalue weighted by Crippen LogP contribution is 2.15. The number of amides is 7. The first kappa shape index (κ1) is 63.1. The molecular weight excluding hydrogens is 977 g/mol. The normalized spacial score (nSPS) is 14.5. The molecule has 73 heavy (non-hydrogen) atoms. The largest absolute Gasteiger partial charge is 0.480 e. The number of carbonyl (C=O) groups excluding carboxylic acids is 7. The highest BCUT2D eigenvalue weighted by atomic mass is 32.2. The van der Waals surface area contributed by atoms with Crippen LogP contribution in [0, 0.1) is 5.92 Å². The van der Waals surface area contributed by atoms with Gasteiger partial charge >= 0.3 is 5.97 Å². The van der Waals surface area contributed by atoms with E-state index < -0.39 is 109 Å². The van der Waals surface area contributed by atoms with E-state index in [1.807, 2.05) is 6.92 Å². The van der Waals surface area contributed by atoms with Crippen molar-refractivity contribution in [3.63, 3.8) is 0 Å². The second-order valence-corrected chi connectivity index (χ2v) is 20.4. The van der Waals surface area contributed by atoms with E-state index in [2.05, 4.69) is 86.2 Å². The second-order valence-electron chi connectivity index (χ2n) is 18.4. The number of aromatic amines is 1. The van der Waals surface area contributed by atoms with E-state index in [1.54, 1.807) is 50.4 Å². The molecule has 20 nitrogen and oxygen atoms in total. The second kappa shape index (κ2) is 34.5. The molecule has 1 aromatic heterocycles. The Morgan fingerprint density at radius 3 is 1.93 bits per heavy atom. The fourth-order valence-electron chi connectivity index (χ4n) is 6.92. The van der Waals surface area contributed by atoms with Gasteiger partial charge in [-0.3, -0.25) is 33.6 Å². The van der Waals surface area contributed by atoms with Crippen molar-refractivity contribution in [1.82, 2.24) is 47.2 Å². The van der Waals surface area contributed by atoms with Crippen LogP contribution in [0.15, 0.2) is 77.8 Å². The van der Waals surface area contributed by atoms with Gasteiger partial charge in [0.05, 0.1) is 25.5 Å². The van der Waals surface area contributed by atoms with E-state index in [-0.39, 0.29) is 25.0 Å². The van der Waals surface area contributed by atoms with Crippen molar-refractivity contribution in [1.29, 1.82) is 0 Å². The molecule has 0 bridgehead atoms. The Morgan fingerprint density at radius 1 is 0.726 bits per heavy atom. The van der Waals surface area contributed by atoms with Crippen LogP contribution >= 0.6 is 23.5 Å². The Morgan fingerprint density at radius 2 is 1.33 bits per heavy atom. The zero-order valence-corrected chi connectivity index (χ0v) is 45.0. The molecule has 0 spiro atoms. The third-order valence-corrected chi connectivity index (χ3v) is 12.9. The lowest BCUT2D eigenvalue weighted by atomic mass is 10.0. The lowest BCUT2D eigenvalue weighted by Gasteiger charge is -2.27. The van der Waals surface area contributed by atoms with E-state index in [1.165, 1.54) is 54.1 Å². The maximum absolute atomic E-state index is 14.4. The van der Waals surface area contributed by atoms with Gasteiger partial charge in [0.1, 0.15) is 36.3 Å². The SMILES string of the molecule is CSCC[C@H](NC(=O)[C@H](CO)NC(=O)[C@H](C)NC(=O)[C@H](Cc1ccccc1)NC(=O)[C@H](CSC/C=C(\C)CC/C=C(\C)CCC=C(C)C)NC(=O)[C@@H](NC(=O)CNC(=O)[C@@H](N)Cc1cnc[nH]1)C(C)C)C(=O)O. The molecule has 0 aliphatic rings. The van der Waals surface area contributed by atoms with E-state index in [4.69, 9.17) is 5.73 Å². The van der Waals surface area contributed by atoms with Crippen LogP contribution in [0.2, 0.25) is 0 Å². The third-order valence-electron chi connectivity index (χ3n) is 11.3. The molecule has 404 valence electrons. The lowest BCUT2D eigenvalue weighted by molar-refractivity contribution is -0.142. The number of carboxylic acid groups (broad SMARTS) is 1. The number of imidazole rings is 1. The molecule has 7 atom stereocenters. The molecule has 0 radical (unpaired) electrons. The van der Waals surface area contributed by atoms with Crippen molar-refractivity contribution in [2.45, 2.75) is 136 Å². The molecule has 0 saturated heterocycles. The van der Waals surface area contributed by atoms with Crippen LogP contribution in [0.4, 0.5) is 0 Å². The highest BCUT2D eigenvalue weighted by molar-refractivity contribution is 7.99. The van der Waals surface area contributed by atoms with Crippen LogP contribution in [-0.4, -0.2) is 146 Å². The topological polar surface area (TPSA) is 316 Å². The van der Waals surface area contributed by atoms with Crippen LogP contribution in [-0.2, 0) is 51.2 Å². The summed E-state index contributed by atoms with van der Waals surface area (Å²) in [6, 6.07) is -0.0249. The van der Waals surface area contributed by atoms with Crippen LogP contribution < -0.4 is 43.0 Å². The summed E-state index contributed by atoms with van der Waals surface area (Å²) in [7, 11) is 0. The number of H-pyrrole nitrogens is 1. The zero-order valence-electron chi connectivity index (χ0n) is 43.4. The number of nitrogens with one attached hydrogen (secondary N) is 8. The maximum atomic E-state index is 14.4. The lowest BCUT2D eigenvalue weighted by Crippen LogP contribution is -2.60. The predicted molar refractivity (Wildman–Crippen MR) is 286 cm³/mol. The minimum absolute atomic E-state index is 0.0401. The first-order chi connectivity index (χ1) is 34.6. The van der Waals surface area contributed by atoms with E-state index in [9.17, 15) is 48.6 Å². The van der Waals surface area contributed by atoms with Crippen LogP contribution in [0.1, 0.15) is 91.8 Å². The molecule has 22 heteroatoms. The van der Waals surface area contributed by atoms with Gasteiger partial charge in [0.2, 0.25) is 41.4 Å². The predicted octanol–water partition coefficient (Wildman–Crippen LogP) is 2.21. The number of carbonyl (C=O) groups is 8. The Labute approximate surface area is 437 Å². The highest BCUT2D eigenvalue weighted by Gasteiger charge is 2.33. The number of hydrogen-bond acceptors (Lipinski definition) is 13. The average Bonchev–Trinajstić information content (AvgIpc) is 3.86. The number of aliphatic hydroxyl groups excluding tert-OH is 1.